The molecule has 1 aliphatic rings. The van der Waals surface area contributed by atoms with Gasteiger partial charge in [0.2, 0.25) is 0 Å². The summed E-state index contributed by atoms with van der Waals surface area (Å²) in [7, 11) is -1.87. The molecule has 0 atom stereocenters. The third kappa shape index (κ3) is 3.57. The Morgan fingerprint density at radius 3 is 2.00 bits per heavy atom. The van der Waals surface area contributed by atoms with Crippen molar-refractivity contribution in [1.29, 1.82) is 0 Å². The van der Waals surface area contributed by atoms with Crippen molar-refractivity contribution in [2.24, 2.45) is 5.92 Å². The van der Waals surface area contributed by atoms with Gasteiger partial charge in [-0.3, -0.25) is 0 Å². The van der Waals surface area contributed by atoms with Gasteiger partial charge in [0.05, 0.1) is 0 Å². The van der Waals surface area contributed by atoms with Crippen molar-refractivity contribution in [3.05, 3.63) is 0 Å². The topological polar surface area (TPSA) is 18.5 Å². The fourth-order valence-electron chi connectivity index (χ4n) is 2.45. The zero-order valence-electron chi connectivity index (χ0n) is 11.4. The van der Waals surface area contributed by atoms with Crippen LogP contribution < -0.4 is 0 Å². The Labute approximate surface area is 102 Å². The van der Waals surface area contributed by atoms with Crippen LogP contribution >= 0.6 is 0 Å². The van der Waals surface area contributed by atoms with E-state index < -0.39 is 8.56 Å². The number of hydrogen-bond donors (Lipinski definition) is 0. The van der Waals surface area contributed by atoms with E-state index in [-0.39, 0.29) is 0 Å². The molecule has 96 valence electrons. The molecule has 0 aromatic rings. The molecule has 0 N–H and O–H groups in total. The molecule has 0 heterocycles. The number of rotatable bonds is 8. The fraction of sp³-hybridized carbons (Fsp3) is 1.00. The summed E-state index contributed by atoms with van der Waals surface area (Å²) < 4.78 is 12.3. The van der Waals surface area contributed by atoms with E-state index in [0.29, 0.717) is 0 Å². The molecule has 0 unspecified atom stereocenters. The van der Waals surface area contributed by atoms with Crippen LogP contribution in [0.1, 0.15) is 53.4 Å². The minimum atomic E-state index is -1.87. The fourth-order valence-corrected chi connectivity index (χ4v) is 6.95. The normalized spacial score (nSPS) is 17.8. The average molecular weight is 244 g/mol. The summed E-state index contributed by atoms with van der Waals surface area (Å²) in [6.07, 6.45) is 5.30. The highest BCUT2D eigenvalue weighted by Crippen LogP contribution is 2.44. The molecule has 1 fully saturated rings. The van der Waals surface area contributed by atoms with E-state index in [4.69, 9.17) is 8.85 Å². The van der Waals surface area contributed by atoms with Gasteiger partial charge in [-0.1, -0.05) is 20.3 Å². The van der Waals surface area contributed by atoms with Gasteiger partial charge >= 0.3 is 8.56 Å². The van der Waals surface area contributed by atoms with Crippen LogP contribution in [0.5, 0.6) is 0 Å². The molecule has 1 aliphatic carbocycles. The molecule has 0 aromatic heterocycles. The maximum absolute atomic E-state index is 6.14. The smallest absolute Gasteiger partial charge is 0.341 e. The Kier molecular flexibility index (Phi) is 6.01. The van der Waals surface area contributed by atoms with Gasteiger partial charge < -0.3 is 8.85 Å². The second kappa shape index (κ2) is 6.77. The first-order valence-corrected chi connectivity index (χ1v) is 9.02. The van der Waals surface area contributed by atoms with Gasteiger partial charge in [-0.2, -0.15) is 0 Å². The minimum Gasteiger partial charge on any atom is -0.394 e. The predicted molar refractivity (Wildman–Crippen MR) is 70.9 cm³/mol. The van der Waals surface area contributed by atoms with Gasteiger partial charge in [-0.15, -0.1) is 0 Å². The monoisotopic (exact) mass is 244 g/mol. The largest absolute Gasteiger partial charge is 0.394 e. The number of hydrogen-bond acceptors (Lipinski definition) is 2. The second-order valence-corrected chi connectivity index (χ2v) is 8.76. The lowest BCUT2D eigenvalue weighted by Gasteiger charge is -2.42. The average Bonchev–Trinajstić information content (AvgIpc) is 2.13. The molecule has 3 heteroatoms. The first-order valence-electron chi connectivity index (χ1n) is 6.92. The van der Waals surface area contributed by atoms with E-state index in [1.807, 2.05) is 0 Å². The zero-order valence-corrected chi connectivity index (χ0v) is 12.4. The first kappa shape index (κ1) is 14.2. The van der Waals surface area contributed by atoms with E-state index in [9.17, 15) is 0 Å². The van der Waals surface area contributed by atoms with Crippen LogP contribution in [0, 0.1) is 5.92 Å². The van der Waals surface area contributed by atoms with Crippen LogP contribution in [0.3, 0.4) is 0 Å². The molecule has 0 radical (unpaired) electrons. The lowest BCUT2D eigenvalue weighted by Crippen LogP contribution is -2.49. The van der Waals surface area contributed by atoms with Crippen molar-refractivity contribution in [1.82, 2.24) is 0 Å². The highest BCUT2D eigenvalue weighted by atomic mass is 28.4. The van der Waals surface area contributed by atoms with E-state index in [1.54, 1.807) is 0 Å². The highest BCUT2D eigenvalue weighted by Gasteiger charge is 2.47. The molecule has 1 rings (SSSR count). The van der Waals surface area contributed by atoms with Gasteiger partial charge in [-0.25, -0.2) is 0 Å². The Bertz CT molecular complexity index is 184. The summed E-state index contributed by atoms with van der Waals surface area (Å²) in [6.45, 7) is 10.4. The Morgan fingerprint density at radius 1 is 1.12 bits per heavy atom. The molecule has 0 aromatic carbocycles. The maximum atomic E-state index is 6.14. The third-order valence-corrected chi connectivity index (χ3v) is 7.94. The summed E-state index contributed by atoms with van der Waals surface area (Å²) >= 11 is 0. The molecule has 16 heavy (non-hydrogen) atoms. The summed E-state index contributed by atoms with van der Waals surface area (Å²) in [4.78, 5) is 0. The summed E-state index contributed by atoms with van der Waals surface area (Å²) in [6, 6.07) is 1.19. The molecule has 0 spiro atoms. The van der Waals surface area contributed by atoms with E-state index in [0.717, 1.165) is 24.7 Å². The molecule has 2 nitrogen and oxygen atoms in total. The van der Waals surface area contributed by atoms with Crippen LogP contribution in [0.15, 0.2) is 0 Å². The van der Waals surface area contributed by atoms with Crippen molar-refractivity contribution in [2.75, 3.05) is 13.2 Å². The summed E-state index contributed by atoms with van der Waals surface area (Å²) in [5.74, 6) is 0.757. The van der Waals surface area contributed by atoms with Crippen LogP contribution in [0.2, 0.25) is 11.6 Å². The SMILES string of the molecule is CCO[Si](CCC(C)C)(OCC)C1CCC1. The van der Waals surface area contributed by atoms with Crippen molar-refractivity contribution < 1.29 is 8.85 Å². The van der Waals surface area contributed by atoms with Crippen molar-refractivity contribution >= 4 is 8.56 Å². The van der Waals surface area contributed by atoms with Crippen molar-refractivity contribution in [2.45, 2.75) is 65.0 Å². The Balaban J connectivity index is 2.61. The molecule has 0 amide bonds. The standard InChI is InChI=1S/C13H28O2Si/c1-5-14-16(15-6-2,11-10-12(3)4)13-8-7-9-13/h12-13H,5-11H2,1-4H3. The van der Waals surface area contributed by atoms with Crippen LogP contribution in [-0.2, 0) is 8.85 Å². The summed E-state index contributed by atoms with van der Waals surface area (Å²) in [5, 5.41) is 0. The molecule has 1 saturated carbocycles. The molecule has 0 bridgehead atoms. The Morgan fingerprint density at radius 2 is 1.69 bits per heavy atom. The lowest BCUT2D eigenvalue weighted by molar-refractivity contribution is 0.155. The van der Waals surface area contributed by atoms with E-state index in [1.165, 1.54) is 31.7 Å². The Hall–Kier alpha value is 0.137. The molecular formula is C13H28O2Si. The minimum absolute atomic E-state index is 0.757. The predicted octanol–water partition coefficient (Wildman–Crippen LogP) is 4.10. The van der Waals surface area contributed by atoms with E-state index in [2.05, 4.69) is 27.7 Å². The molecule has 0 saturated heterocycles. The maximum Gasteiger partial charge on any atom is 0.341 e. The van der Waals surface area contributed by atoms with E-state index >= 15 is 0 Å². The lowest BCUT2D eigenvalue weighted by atomic mass is 10.00. The summed E-state index contributed by atoms with van der Waals surface area (Å²) in [5.41, 5.74) is 0.770. The zero-order chi connectivity index (χ0) is 12.0. The first-order chi connectivity index (χ1) is 7.64. The van der Waals surface area contributed by atoms with Crippen molar-refractivity contribution in [3.8, 4) is 0 Å². The van der Waals surface area contributed by atoms with Crippen LogP contribution in [-0.4, -0.2) is 21.8 Å². The molecular weight excluding hydrogens is 216 g/mol. The van der Waals surface area contributed by atoms with Gasteiger partial charge in [0.15, 0.2) is 0 Å². The second-order valence-electron chi connectivity index (χ2n) is 5.24. The van der Waals surface area contributed by atoms with Crippen molar-refractivity contribution in [3.63, 3.8) is 0 Å². The van der Waals surface area contributed by atoms with Gasteiger partial charge in [0.1, 0.15) is 0 Å². The van der Waals surface area contributed by atoms with Crippen LogP contribution in [0.4, 0.5) is 0 Å². The quantitative estimate of drug-likeness (QED) is 0.598. The third-order valence-electron chi connectivity index (χ3n) is 3.57. The van der Waals surface area contributed by atoms with Gasteiger partial charge in [0, 0.05) is 18.8 Å². The highest BCUT2D eigenvalue weighted by molar-refractivity contribution is 6.69. The van der Waals surface area contributed by atoms with Crippen LogP contribution in [0.25, 0.3) is 0 Å². The molecule has 0 aliphatic heterocycles. The van der Waals surface area contributed by atoms with Gasteiger partial charge in [-0.05, 0) is 45.1 Å². The van der Waals surface area contributed by atoms with Gasteiger partial charge in [0.25, 0.3) is 0 Å².